The molecule has 0 aromatic heterocycles. The molecule has 0 radical (unpaired) electrons. The van der Waals surface area contributed by atoms with Crippen LogP contribution < -0.4 is 0 Å². The molecule has 0 aliphatic heterocycles. The minimum absolute atomic E-state index is 0.0633. The number of hydrogen-bond acceptors (Lipinski definition) is 2. The van der Waals surface area contributed by atoms with Crippen molar-refractivity contribution >= 4 is 15.0 Å². The fourth-order valence-electron chi connectivity index (χ4n) is 0.346. The molecule has 0 saturated heterocycles. The molecule has 48 valence electrons. The summed E-state index contributed by atoms with van der Waals surface area (Å²) in [5, 5.41) is 0. The molecule has 0 aliphatic carbocycles. The third-order valence-corrected chi connectivity index (χ3v) is 1.39. The SMILES string of the molecule is CCC(=O)O[SiH](C)C. The fraction of sp³-hybridized carbons (Fsp3) is 0.800. The third-order valence-electron chi connectivity index (χ3n) is 0.656. The second-order valence-electron chi connectivity index (χ2n) is 1.89. The lowest BCUT2D eigenvalue weighted by atomic mass is 10.5. The average Bonchev–Trinajstić information content (AvgIpc) is 1.65. The molecule has 0 saturated carbocycles. The summed E-state index contributed by atoms with van der Waals surface area (Å²) in [5.74, 6) is -0.0633. The Balaban J connectivity index is 3.25. The van der Waals surface area contributed by atoms with E-state index in [2.05, 4.69) is 0 Å². The Bertz CT molecular complexity index is 80.5. The van der Waals surface area contributed by atoms with E-state index in [1.807, 2.05) is 13.1 Å². The lowest BCUT2D eigenvalue weighted by Crippen LogP contribution is -2.13. The summed E-state index contributed by atoms with van der Waals surface area (Å²) in [6.07, 6.45) is 0.505. The maximum absolute atomic E-state index is 10.4. The second-order valence-corrected chi connectivity index (χ2v) is 4.23. The monoisotopic (exact) mass is 132 g/mol. The van der Waals surface area contributed by atoms with Crippen LogP contribution in [0.3, 0.4) is 0 Å². The van der Waals surface area contributed by atoms with Gasteiger partial charge in [-0.05, 0) is 13.1 Å². The maximum Gasteiger partial charge on any atom is 0.291 e. The molecule has 0 fully saturated rings. The van der Waals surface area contributed by atoms with E-state index >= 15 is 0 Å². The van der Waals surface area contributed by atoms with Crippen LogP contribution in [0.1, 0.15) is 13.3 Å². The van der Waals surface area contributed by atoms with Crippen LogP contribution in [0.2, 0.25) is 13.1 Å². The largest absolute Gasteiger partial charge is 0.523 e. The number of rotatable bonds is 2. The zero-order valence-corrected chi connectivity index (χ0v) is 6.76. The summed E-state index contributed by atoms with van der Waals surface area (Å²) >= 11 is 0. The molecule has 0 heterocycles. The molecule has 0 N–H and O–H groups in total. The minimum Gasteiger partial charge on any atom is -0.523 e. The molecule has 0 aromatic carbocycles. The van der Waals surface area contributed by atoms with Crippen molar-refractivity contribution < 1.29 is 9.22 Å². The first kappa shape index (κ1) is 7.69. The smallest absolute Gasteiger partial charge is 0.291 e. The Morgan fingerprint density at radius 3 is 2.25 bits per heavy atom. The molecule has 0 spiro atoms. The van der Waals surface area contributed by atoms with E-state index in [9.17, 15) is 4.79 Å². The van der Waals surface area contributed by atoms with Crippen molar-refractivity contribution in [1.29, 1.82) is 0 Å². The Kier molecular flexibility index (Phi) is 3.52. The van der Waals surface area contributed by atoms with Gasteiger partial charge in [-0.1, -0.05) is 6.92 Å². The molecule has 0 amide bonds. The summed E-state index contributed by atoms with van der Waals surface area (Å²) in [7, 11) is -1.10. The number of carbonyl (C=O) groups excluding carboxylic acids is 1. The van der Waals surface area contributed by atoms with E-state index in [1.165, 1.54) is 0 Å². The molecular formula is C5H12O2Si. The Hall–Kier alpha value is -0.313. The summed E-state index contributed by atoms with van der Waals surface area (Å²) in [5.41, 5.74) is 0. The molecule has 2 nitrogen and oxygen atoms in total. The molecule has 8 heavy (non-hydrogen) atoms. The highest BCUT2D eigenvalue weighted by molar-refractivity contribution is 6.50. The number of carbonyl (C=O) groups is 1. The molecule has 0 aromatic rings. The van der Waals surface area contributed by atoms with Crippen molar-refractivity contribution in [2.75, 3.05) is 0 Å². The zero-order valence-electron chi connectivity index (χ0n) is 5.60. The van der Waals surface area contributed by atoms with Gasteiger partial charge in [0.1, 0.15) is 0 Å². The van der Waals surface area contributed by atoms with Crippen molar-refractivity contribution in [2.24, 2.45) is 0 Å². The first-order valence-corrected chi connectivity index (χ1v) is 5.64. The molecule has 0 atom stereocenters. The van der Waals surface area contributed by atoms with Crippen LogP contribution in [0.5, 0.6) is 0 Å². The lowest BCUT2D eigenvalue weighted by Gasteiger charge is -2.03. The van der Waals surface area contributed by atoms with Gasteiger partial charge in [0.05, 0.1) is 0 Å². The van der Waals surface area contributed by atoms with Gasteiger partial charge in [-0.15, -0.1) is 0 Å². The van der Waals surface area contributed by atoms with Crippen LogP contribution in [0.4, 0.5) is 0 Å². The van der Waals surface area contributed by atoms with Crippen molar-refractivity contribution in [3.05, 3.63) is 0 Å². The first-order chi connectivity index (χ1) is 3.66. The minimum atomic E-state index is -1.10. The highest BCUT2D eigenvalue weighted by Gasteiger charge is 2.00. The molecule has 0 unspecified atom stereocenters. The van der Waals surface area contributed by atoms with Gasteiger partial charge in [0.25, 0.3) is 5.97 Å². The lowest BCUT2D eigenvalue weighted by molar-refractivity contribution is -0.134. The van der Waals surface area contributed by atoms with Gasteiger partial charge in [-0.2, -0.15) is 0 Å². The summed E-state index contributed by atoms with van der Waals surface area (Å²) in [4.78, 5) is 10.4. The van der Waals surface area contributed by atoms with E-state index in [-0.39, 0.29) is 5.97 Å². The normalized spacial score (nSPS) is 9.50. The van der Waals surface area contributed by atoms with Gasteiger partial charge >= 0.3 is 0 Å². The Labute approximate surface area is 51.6 Å². The Morgan fingerprint density at radius 1 is 1.62 bits per heavy atom. The topological polar surface area (TPSA) is 26.3 Å². The van der Waals surface area contributed by atoms with E-state index < -0.39 is 9.04 Å². The maximum atomic E-state index is 10.4. The summed E-state index contributed by atoms with van der Waals surface area (Å²) < 4.78 is 4.90. The molecule has 3 heteroatoms. The second kappa shape index (κ2) is 3.66. The van der Waals surface area contributed by atoms with E-state index in [4.69, 9.17) is 4.43 Å². The van der Waals surface area contributed by atoms with Crippen molar-refractivity contribution in [2.45, 2.75) is 26.4 Å². The van der Waals surface area contributed by atoms with Gasteiger partial charge in [0.15, 0.2) is 0 Å². The van der Waals surface area contributed by atoms with Crippen LogP contribution >= 0.6 is 0 Å². The standard InChI is InChI=1S/C5H12O2Si/c1-4-5(6)7-8(2)3/h8H,4H2,1-3H3. The molecule has 0 rings (SSSR count). The van der Waals surface area contributed by atoms with Gasteiger partial charge < -0.3 is 4.43 Å². The van der Waals surface area contributed by atoms with Gasteiger partial charge in [0.2, 0.25) is 9.04 Å². The number of hydrogen-bond donors (Lipinski definition) is 0. The molecule has 0 aliphatic rings. The van der Waals surface area contributed by atoms with E-state index in [0.717, 1.165) is 0 Å². The van der Waals surface area contributed by atoms with Crippen molar-refractivity contribution in [3.8, 4) is 0 Å². The van der Waals surface area contributed by atoms with E-state index in [1.54, 1.807) is 6.92 Å². The highest BCUT2D eigenvalue weighted by atomic mass is 28.3. The van der Waals surface area contributed by atoms with Crippen molar-refractivity contribution in [3.63, 3.8) is 0 Å². The zero-order chi connectivity index (χ0) is 6.57. The molecular weight excluding hydrogens is 120 g/mol. The summed E-state index contributed by atoms with van der Waals surface area (Å²) in [6, 6.07) is 0. The first-order valence-electron chi connectivity index (χ1n) is 2.86. The quantitative estimate of drug-likeness (QED) is 0.522. The third kappa shape index (κ3) is 3.86. The van der Waals surface area contributed by atoms with Gasteiger partial charge in [-0.25, -0.2) is 0 Å². The van der Waals surface area contributed by atoms with Gasteiger partial charge in [0, 0.05) is 6.42 Å². The van der Waals surface area contributed by atoms with Gasteiger partial charge in [-0.3, -0.25) is 4.79 Å². The average molecular weight is 132 g/mol. The highest BCUT2D eigenvalue weighted by Crippen LogP contribution is 1.87. The van der Waals surface area contributed by atoms with Crippen LogP contribution in [0.15, 0.2) is 0 Å². The van der Waals surface area contributed by atoms with Crippen molar-refractivity contribution in [1.82, 2.24) is 0 Å². The van der Waals surface area contributed by atoms with Crippen LogP contribution in [-0.2, 0) is 9.22 Å². The fourth-order valence-corrected chi connectivity index (χ4v) is 1.04. The predicted octanol–water partition coefficient (Wildman–Crippen LogP) is 0.923. The summed E-state index contributed by atoms with van der Waals surface area (Å²) in [6.45, 7) is 5.76. The van der Waals surface area contributed by atoms with Crippen LogP contribution in [-0.4, -0.2) is 15.0 Å². The predicted molar refractivity (Wildman–Crippen MR) is 35.3 cm³/mol. The Morgan fingerprint density at radius 2 is 2.12 bits per heavy atom. The van der Waals surface area contributed by atoms with E-state index in [0.29, 0.717) is 6.42 Å². The van der Waals surface area contributed by atoms with Crippen LogP contribution in [0.25, 0.3) is 0 Å². The molecule has 0 bridgehead atoms. The van der Waals surface area contributed by atoms with Crippen LogP contribution in [0, 0.1) is 0 Å².